The van der Waals surface area contributed by atoms with Gasteiger partial charge >= 0.3 is 0 Å². The fourth-order valence-electron chi connectivity index (χ4n) is 3.05. The lowest BCUT2D eigenvalue weighted by Crippen LogP contribution is -2.24. The molecule has 1 heterocycles. The molecular formula is C19H16N2O6. The molecule has 0 bridgehead atoms. The van der Waals surface area contributed by atoms with Gasteiger partial charge in [-0.05, 0) is 29.8 Å². The molecule has 138 valence electrons. The molecule has 3 rings (SSSR count). The number of likely N-dealkylation sites (tertiary alicyclic amines) is 1. The fourth-order valence-corrected chi connectivity index (χ4v) is 3.05. The maximum atomic E-state index is 12.5. The first-order valence-corrected chi connectivity index (χ1v) is 7.98. The van der Waals surface area contributed by atoms with E-state index in [0.29, 0.717) is 16.9 Å². The van der Waals surface area contributed by atoms with Gasteiger partial charge in [-0.1, -0.05) is 12.1 Å². The first-order valence-electron chi connectivity index (χ1n) is 7.98. The van der Waals surface area contributed by atoms with Crippen molar-refractivity contribution in [3.05, 3.63) is 75.3 Å². The Kier molecular flexibility index (Phi) is 4.64. The standard InChI is InChI=1S/C19H16N2O6/c1-20-16(12-4-3-5-13(10-12)21(25)26)15(18(23)19(20)24)17(22)11-6-8-14(27-2)9-7-11/h3-10,16,22H,1-2H3/t16-/m0/s1. The zero-order chi connectivity index (χ0) is 19.7. The summed E-state index contributed by atoms with van der Waals surface area (Å²) < 4.78 is 5.06. The molecule has 8 heteroatoms. The normalized spacial score (nSPS) is 18.6. The first-order chi connectivity index (χ1) is 12.8. The quantitative estimate of drug-likeness (QED) is 0.292. The summed E-state index contributed by atoms with van der Waals surface area (Å²) in [7, 11) is 2.91. The number of non-ortho nitro benzene ring substituents is 1. The number of hydrogen-bond acceptors (Lipinski definition) is 6. The van der Waals surface area contributed by atoms with Crippen molar-refractivity contribution >= 4 is 23.1 Å². The highest BCUT2D eigenvalue weighted by Gasteiger charge is 2.44. The smallest absolute Gasteiger partial charge is 0.295 e. The molecule has 1 fully saturated rings. The van der Waals surface area contributed by atoms with Gasteiger partial charge in [0.05, 0.1) is 23.6 Å². The minimum absolute atomic E-state index is 0.117. The number of hydrogen-bond donors (Lipinski definition) is 1. The number of Topliss-reactive ketones (excluding diaryl/α,β-unsaturated/α-hetero) is 1. The number of ketones is 1. The van der Waals surface area contributed by atoms with Gasteiger partial charge in [0.1, 0.15) is 11.5 Å². The Morgan fingerprint density at radius 2 is 1.85 bits per heavy atom. The van der Waals surface area contributed by atoms with Gasteiger partial charge < -0.3 is 14.7 Å². The molecular weight excluding hydrogens is 352 g/mol. The van der Waals surface area contributed by atoms with Crippen molar-refractivity contribution in [1.29, 1.82) is 0 Å². The molecule has 27 heavy (non-hydrogen) atoms. The van der Waals surface area contributed by atoms with Crippen LogP contribution in [0.15, 0.2) is 54.1 Å². The van der Waals surface area contributed by atoms with Gasteiger partial charge in [-0.2, -0.15) is 0 Å². The number of nitro groups is 1. The zero-order valence-electron chi connectivity index (χ0n) is 14.6. The van der Waals surface area contributed by atoms with Crippen molar-refractivity contribution in [3.8, 4) is 5.75 Å². The van der Waals surface area contributed by atoms with Gasteiger partial charge in [-0.25, -0.2) is 0 Å². The number of likely N-dealkylation sites (N-methyl/N-ethyl adjacent to an activating group) is 1. The Balaban J connectivity index is 2.15. The third kappa shape index (κ3) is 3.12. The molecule has 2 aromatic rings. The van der Waals surface area contributed by atoms with Crippen LogP contribution in [0.25, 0.3) is 5.76 Å². The van der Waals surface area contributed by atoms with Gasteiger partial charge in [-0.15, -0.1) is 0 Å². The van der Waals surface area contributed by atoms with Crippen LogP contribution in [0.4, 0.5) is 5.69 Å². The van der Waals surface area contributed by atoms with E-state index in [0.717, 1.165) is 4.90 Å². The van der Waals surface area contributed by atoms with E-state index in [1.165, 1.54) is 32.4 Å². The van der Waals surface area contributed by atoms with Crippen LogP contribution in [0.2, 0.25) is 0 Å². The molecule has 0 saturated carbocycles. The van der Waals surface area contributed by atoms with E-state index in [-0.39, 0.29) is 17.0 Å². The van der Waals surface area contributed by atoms with Crippen LogP contribution in [0.1, 0.15) is 17.2 Å². The Bertz CT molecular complexity index is 964. The molecule has 1 amide bonds. The van der Waals surface area contributed by atoms with Gasteiger partial charge in [-0.3, -0.25) is 19.7 Å². The third-order valence-electron chi connectivity index (χ3n) is 4.44. The van der Waals surface area contributed by atoms with Crippen LogP contribution in [-0.2, 0) is 9.59 Å². The van der Waals surface area contributed by atoms with Crippen LogP contribution in [0.3, 0.4) is 0 Å². The molecule has 2 aromatic carbocycles. The number of carbonyl (C=O) groups excluding carboxylic acids is 2. The molecule has 0 aromatic heterocycles. The summed E-state index contributed by atoms with van der Waals surface area (Å²) in [6.45, 7) is 0. The van der Waals surface area contributed by atoms with Crippen molar-refractivity contribution in [2.45, 2.75) is 6.04 Å². The molecule has 1 atom stereocenters. The van der Waals surface area contributed by atoms with E-state index in [4.69, 9.17) is 4.74 Å². The molecule has 1 saturated heterocycles. The van der Waals surface area contributed by atoms with E-state index in [9.17, 15) is 24.8 Å². The van der Waals surface area contributed by atoms with Crippen LogP contribution >= 0.6 is 0 Å². The van der Waals surface area contributed by atoms with Crippen LogP contribution in [0, 0.1) is 10.1 Å². The van der Waals surface area contributed by atoms with E-state index in [1.54, 1.807) is 30.3 Å². The highest BCUT2D eigenvalue weighted by molar-refractivity contribution is 6.46. The summed E-state index contributed by atoms with van der Waals surface area (Å²) in [4.78, 5) is 36.4. The Morgan fingerprint density at radius 3 is 2.44 bits per heavy atom. The first kappa shape index (κ1) is 18.1. The summed E-state index contributed by atoms with van der Waals surface area (Å²) in [5, 5.41) is 21.8. The Labute approximate surface area is 154 Å². The summed E-state index contributed by atoms with van der Waals surface area (Å²) in [6.07, 6.45) is 0. The van der Waals surface area contributed by atoms with Crippen molar-refractivity contribution in [2.24, 2.45) is 0 Å². The van der Waals surface area contributed by atoms with Crippen LogP contribution in [-0.4, -0.2) is 40.8 Å². The molecule has 0 radical (unpaired) electrons. The zero-order valence-corrected chi connectivity index (χ0v) is 14.6. The second kappa shape index (κ2) is 6.91. The number of ether oxygens (including phenoxy) is 1. The van der Waals surface area contributed by atoms with E-state index < -0.39 is 22.7 Å². The van der Waals surface area contributed by atoms with Gasteiger partial charge in [0.15, 0.2) is 0 Å². The Hall–Kier alpha value is -3.68. The van der Waals surface area contributed by atoms with Crippen LogP contribution in [0.5, 0.6) is 5.75 Å². The largest absolute Gasteiger partial charge is 0.507 e. The molecule has 1 N–H and O–H groups in total. The minimum Gasteiger partial charge on any atom is -0.507 e. The molecule has 0 spiro atoms. The molecule has 8 nitrogen and oxygen atoms in total. The number of carbonyl (C=O) groups is 2. The minimum atomic E-state index is -0.924. The average molecular weight is 368 g/mol. The lowest BCUT2D eigenvalue weighted by Gasteiger charge is -2.20. The second-order valence-electron chi connectivity index (χ2n) is 5.99. The molecule has 1 aliphatic rings. The highest BCUT2D eigenvalue weighted by atomic mass is 16.6. The van der Waals surface area contributed by atoms with Gasteiger partial charge in [0.2, 0.25) is 0 Å². The van der Waals surface area contributed by atoms with E-state index in [1.807, 2.05) is 0 Å². The van der Waals surface area contributed by atoms with Crippen molar-refractivity contribution < 1.29 is 24.4 Å². The molecule has 0 aliphatic carbocycles. The number of rotatable bonds is 4. The third-order valence-corrected chi connectivity index (χ3v) is 4.44. The van der Waals surface area contributed by atoms with E-state index >= 15 is 0 Å². The number of methoxy groups -OCH3 is 1. The fraction of sp³-hybridized carbons (Fsp3) is 0.158. The van der Waals surface area contributed by atoms with Crippen molar-refractivity contribution in [3.63, 3.8) is 0 Å². The topological polar surface area (TPSA) is 110 Å². The number of nitrogens with zero attached hydrogens (tertiary/aromatic N) is 2. The second-order valence-corrected chi connectivity index (χ2v) is 5.99. The van der Waals surface area contributed by atoms with E-state index in [2.05, 4.69) is 0 Å². The number of amides is 1. The lowest BCUT2D eigenvalue weighted by molar-refractivity contribution is -0.384. The molecule has 1 aliphatic heterocycles. The predicted molar refractivity (Wildman–Crippen MR) is 96.2 cm³/mol. The van der Waals surface area contributed by atoms with Crippen molar-refractivity contribution in [2.75, 3.05) is 14.2 Å². The summed E-state index contributed by atoms with van der Waals surface area (Å²) in [6, 6.07) is 11.1. The summed E-state index contributed by atoms with van der Waals surface area (Å²) in [5.74, 6) is -1.42. The maximum Gasteiger partial charge on any atom is 0.295 e. The van der Waals surface area contributed by atoms with Crippen molar-refractivity contribution in [1.82, 2.24) is 4.90 Å². The number of aliphatic hydroxyl groups is 1. The Morgan fingerprint density at radius 1 is 1.19 bits per heavy atom. The summed E-state index contributed by atoms with van der Waals surface area (Å²) in [5.41, 5.74) is 0.405. The molecule has 0 unspecified atom stereocenters. The van der Waals surface area contributed by atoms with Gasteiger partial charge in [0, 0.05) is 24.7 Å². The number of nitro benzene ring substituents is 1. The lowest BCUT2D eigenvalue weighted by atomic mass is 9.95. The number of benzene rings is 2. The SMILES string of the molecule is COc1ccc(C(O)=C2C(=O)C(=O)N(C)[C@H]2c2cccc([N+](=O)[O-])c2)cc1. The predicted octanol–water partition coefficient (Wildman–Crippen LogP) is 2.65. The highest BCUT2D eigenvalue weighted by Crippen LogP contribution is 2.39. The van der Waals surface area contributed by atoms with Gasteiger partial charge in [0.25, 0.3) is 17.4 Å². The maximum absolute atomic E-state index is 12.5. The number of aliphatic hydroxyl groups excluding tert-OH is 1. The monoisotopic (exact) mass is 368 g/mol. The summed E-state index contributed by atoms with van der Waals surface area (Å²) >= 11 is 0. The van der Waals surface area contributed by atoms with Crippen LogP contribution < -0.4 is 4.74 Å². The average Bonchev–Trinajstić information content (AvgIpc) is 2.91.